The Balaban J connectivity index is 2.10. The summed E-state index contributed by atoms with van der Waals surface area (Å²) in [6, 6.07) is 10.1. The van der Waals surface area contributed by atoms with E-state index >= 15 is 0 Å². The van der Waals surface area contributed by atoms with E-state index < -0.39 is 0 Å². The van der Waals surface area contributed by atoms with Crippen molar-refractivity contribution in [2.45, 2.75) is 26.4 Å². The van der Waals surface area contributed by atoms with Gasteiger partial charge >= 0.3 is 0 Å². The minimum absolute atomic E-state index is 0.219. The lowest BCUT2D eigenvalue weighted by atomic mass is 10.0. The van der Waals surface area contributed by atoms with Crippen molar-refractivity contribution >= 4 is 11.3 Å². The minimum atomic E-state index is 0.219. The van der Waals surface area contributed by atoms with E-state index in [4.69, 9.17) is 4.74 Å². The van der Waals surface area contributed by atoms with Crippen LogP contribution in [0.25, 0.3) is 0 Å². The molecule has 1 unspecified atom stereocenters. The van der Waals surface area contributed by atoms with Gasteiger partial charge in [-0.3, -0.25) is 0 Å². The Morgan fingerprint density at radius 2 is 2.05 bits per heavy atom. The van der Waals surface area contributed by atoms with Gasteiger partial charge in [-0.1, -0.05) is 32.0 Å². The van der Waals surface area contributed by atoms with Crippen LogP contribution in [0.1, 0.15) is 30.3 Å². The lowest BCUT2D eigenvalue weighted by molar-refractivity contribution is 0.365. The fraction of sp³-hybridized carbons (Fsp3) is 0.375. The van der Waals surface area contributed by atoms with Crippen molar-refractivity contribution in [3.8, 4) is 11.5 Å². The van der Waals surface area contributed by atoms with Crippen LogP contribution in [0.2, 0.25) is 0 Å². The lowest BCUT2D eigenvalue weighted by Gasteiger charge is -2.22. The minimum Gasteiger partial charge on any atom is -0.504 e. The first-order valence-corrected chi connectivity index (χ1v) is 7.63. The van der Waals surface area contributed by atoms with Crippen LogP contribution in [0.15, 0.2) is 35.7 Å². The smallest absolute Gasteiger partial charge is 0.162 e. The molecule has 0 amide bonds. The first kappa shape index (κ1) is 14.9. The average Bonchev–Trinajstić information content (AvgIpc) is 2.94. The first-order chi connectivity index (χ1) is 9.63. The van der Waals surface area contributed by atoms with Gasteiger partial charge in [-0.25, -0.2) is 0 Å². The monoisotopic (exact) mass is 291 g/mol. The highest BCUT2D eigenvalue weighted by molar-refractivity contribution is 7.10. The molecular weight excluding hydrogens is 270 g/mol. The average molecular weight is 291 g/mol. The maximum absolute atomic E-state index is 10.1. The Hall–Kier alpha value is -1.52. The predicted molar refractivity (Wildman–Crippen MR) is 83.4 cm³/mol. The molecule has 3 nitrogen and oxygen atoms in total. The normalized spacial score (nSPS) is 12.6. The molecule has 1 aromatic heterocycles. The number of hydrogen-bond acceptors (Lipinski definition) is 4. The van der Waals surface area contributed by atoms with Gasteiger partial charge in [0.25, 0.3) is 0 Å². The number of phenols is 1. The van der Waals surface area contributed by atoms with Gasteiger partial charge in [0.2, 0.25) is 0 Å². The van der Waals surface area contributed by atoms with Crippen molar-refractivity contribution in [3.63, 3.8) is 0 Å². The van der Waals surface area contributed by atoms with E-state index in [1.54, 1.807) is 24.5 Å². The molecule has 1 heterocycles. The Bertz CT molecular complexity index is 537. The molecule has 0 saturated carbocycles. The van der Waals surface area contributed by atoms with Crippen LogP contribution >= 0.6 is 11.3 Å². The third-order valence-electron chi connectivity index (χ3n) is 3.33. The fourth-order valence-electron chi connectivity index (χ4n) is 2.23. The maximum Gasteiger partial charge on any atom is 0.162 e. The molecule has 0 radical (unpaired) electrons. The SMILES string of the molecule is COc1cccc(CNC(c2cccs2)C(C)C)c1O. The van der Waals surface area contributed by atoms with E-state index in [-0.39, 0.29) is 5.75 Å². The van der Waals surface area contributed by atoms with Gasteiger partial charge in [-0.15, -0.1) is 11.3 Å². The highest BCUT2D eigenvalue weighted by atomic mass is 32.1. The van der Waals surface area contributed by atoms with Crippen LogP contribution < -0.4 is 10.1 Å². The third-order valence-corrected chi connectivity index (χ3v) is 4.29. The number of benzene rings is 1. The Morgan fingerprint density at radius 1 is 1.25 bits per heavy atom. The highest BCUT2D eigenvalue weighted by Crippen LogP contribution is 2.31. The van der Waals surface area contributed by atoms with Gasteiger partial charge in [0.15, 0.2) is 11.5 Å². The predicted octanol–water partition coefficient (Wildman–Crippen LogP) is 3.95. The number of ether oxygens (including phenoxy) is 1. The summed E-state index contributed by atoms with van der Waals surface area (Å²) in [7, 11) is 1.56. The molecule has 1 atom stereocenters. The molecule has 20 heavy (non-hydrogen) atoms. The number of methoxy groups -OCH3 is 1. The van der Waals surface area contributed by atoms with E-state index in [9.17, 15) is 5.11 Å². The molecule has 2 rings (SSSR count). The van der Waals surface area contributed by atoms with Crippen LogP contribution in [0.5, 0.6) is 11.5 Å². The van der Waals surface area contributed by atoms with Gasteiger partial charge in [-0.2, -0.15) is 0 Å². The van der Waals surface area contributed by atoms with Crippen LogP contribution in [0.3, 0.4) is 0 Å². The summed E-state index contributed by atoms with van der Waals surface area (Å²) >= 11 is 1.76. The van der Waals surface area contributed by atoms with Crippen molar-refractivity contribution in [3.05, 3.63) is 46.2 Å². The molecule has 0 bridgehead atoms. The lowest BCUT2D eigenvalue weighted by Crippen LogP contribution is -2.24. The van der Waals surface area contributed by atoms with Crippen molar-refractivity contribution in [2.75, 3.05) is 7.11 Å². The maximum atomic E-state index is 10.1. The van der Waals surface area contributed by atoms with Gasteiger partial charge in [0.05, 0.1) is 7.11 Å². The molecule has 2 aromatic rings. The van der Waals surface area contributed by atoms with Gasteiger partial charge in [0, 0.05) is 23.0 Å². The van der Waals surface area contributed by atoms with E-state index in [0.717, 1.165) is 5.56 Å². The summed E-state index contributed by atoms with van der Waals surface area (Å²) in [5.74, 6) is 1.22. The number of phenolic OH excluding ortho intramolecular Hbond substituents is 1. The van der Waals surface area contributed by atoms with Gasteiger partial charge in [-0.05, 0) is 23.4 Å². The van der Waals surface area contributed by atoms with Gasteiger partial charge in [0.1, 0.15) is 0 Å². The van der Waals surface area contributed by atoms with E-state index in [1.165, 1.54) is 4.88 Å². The second-order valence-electron chi connectivity index (χ2n) is 5.09. The van der Waals surface area contributed by atoms with Crippen molar-refractivity contribution in [2.24, 2.45) is 5.92 Å². The third kappa shape index (κ3) is 3.32. The summed E-state index contributed by atoms with van der Waals surface area (Å²) in [6.45, 7) is 5.01. The molecule has 0 fully saturated rings. The standard InChI is InChI=1S/C16H21NO2S/c1-11(2)15(14-8-5-9-20-14)17-10-12-6-4-7-13(19-3)16(12)18/h4-9,11,15,17-18H,10H2,1-3H3. The van der Waals surface area contributed by atoms with Crippen molar-refractivity contribution in [1.82, 2.24) is 5.32 Å². The summed E-state index contributed by atoms with van der Waals surface area (Å²) < 4.78 is 5.14. The number of nitrogens with one attached hydrogen (secondary N) is 1. The van der Waals surface area contributed by atoms with Crippen molar-refractivity contribution in [1.29, 1.82) is 0 Å². The van der Waals surface area contributed by atoms with Crippen LogP contribution in [-0.2, 0) is 6.54 Å². The van der Waals surface area contributed by atoms with Gasteiger partial charge < -0.3 is 15.2 Å². The molecule has 0 aliphatic rings. The molecule has 4 heteroatoms. The second-order valence-corrected chi connectivity index (χ2v) is 6.07. The summed E-state index contributed by atoms with van der Waals surface area (Å²) in [5.41, 5.74) is 0.853. The fourth-order valence-corrected chi connectivity index (χ4v) is 3.20. The highest BCUT2D eigenvalue weighted by Gasteiger charge is 2.17. The quantitative estimate of drug-likeness (QED) is 0.846. The number of aromatic hydroxyl groups is 1. The molecule has 108 valence electrons. The largest absolute Gasteiger partial charge is 0.504 e. The van der Waals surface area contributed by atoms with E-state index in [2.05, 4.69) is 36.7 Å². The zero-order valence-electron chi connectivity index (χ0n) is 12.1. The first-order valence-electron chi connectivity index (χ1n) is 6.75. The molecule has 0 spiro atoms. The zero-order valence-corrected chi connectivity index (χ0v) is 12.9. The number of thiophene rings is 1. The second kappa shape index (κ2) is 6.77. The molecule has 0 aliphatic heterocycles. The topological polar surface area (TPSA) is 41.5 Å². The Kier molecular flexibility index (Phi) is 5.04. The van der Waals surface area contributed by atoms with E-state index in [1.807, 2.05) is 12.1 Å². The number of hydrogen-bond donors (Lipinski definition) is 2. The van der Waals surface area contributed by atoms with Crippen molar-refractivity contribution < 1.29 is 9.84 Å². The van der Waals surface area contributed by atoms with Crippen LogP contribution in [-0.4, -0.2) is 12.2 Å². The van der Waals surface area contributed by atoms with E-state index in [0.29, 0.717) is 24.3 Å². The molecule has 0 saturated heterocycles. The Labute approximate surface area is 124 Å². The molecular formula is C16H21NO2S. The number of para-hydroxylation sites is 1. The zero-order chi connectivity index (χ0) is 14.5. The summed E-state index contributed by atoms with van der Waals surface area (Å²) in [6.07, 6.45) is 0. The summed E-state index contributed by atoms with van der Waals surface area (Å²) in [4.78, 5) is 1.32. The Morgan fingerprint density at radius 3 is 2.65 bits per heavy atom. The van der Waals surface area contributed by atoms with Crippen LogP contribution in [0, 0.1) is 5.92 Å². The molecule has 2 N–H and O–H groups in total. The number of rotatable bonds is 6. The molecule has 1 aromatic carbocycles. The molecule has 0 aliphatic carbocycles. The van der Waals surface area contributed by atoms with Crippen LogP contribution in [0.4, 0.5) is 0 Å². The summed E-state index contributed by atoms with van der Waals surface area (Å²) in [5, 5.41) is 15.7.